The van der Waals surface area contributed by atoms with Gasteiger partial charge in [-0.05, 0) is 39.0 Å². The number of nitrogens with zero attached hydrogens (tertiary/aromatic N) is 1. The highest BCUT2D eigenvalue weighted by atomic mass is 16.5. The molecule has 150 valence electrons. The van der Waals surface area contributed by atoms with Crippen LogP contribution in [0.4, 0.5) is 0 Å². The van der Waals surface area contributed by atoms with Gasteiger partial charge in [-0.1, -0.05) is 47.7 Å². The number of ketones is 1. The lowest BCUT2D eigenvalue weighted by Crippen LogP contribution is -2.09. The Morgan fingerprint density at radius 2 is 1.93 bits per heavy atom. The number of allylic oxidation sites excluding steroid dienone is 4. The van der Waals surface area contributed by atoms with Crippen LogP contribution in [0.5, 0.6) is 0 Å². The molecule has 0 fully saturated rings. The minimum atomic E-state index is -1.01. The number of aromatic nitrogens is 1. The van der Waals surface area contributed by atoms with E-state index in [9.17, 15) is 9.59 Å². The van der Waals surface area contributed by atoms with E-state index in [0.717, 1.165) is 11.1 Å². The van der Waals surface area contributed by atoms with Crippen molar-refractivity contribution in [1.29, 1.82) is 0 Å². The molecular weight excluding hydrogens is 366 g/mol. The van der Waals surface area contributed by atoms with E-state index >= 15 is 0 Å². The predicted molar refractivity (Wildman–Crippen MR) is 113 cm³/mol. The summed E-state index contributed by atoms with van der Waals surface area (Å²) in [5.41, 5.74) is 3.25. The molecule has 0 atom stereocenters. The standard InChI is InChI=1S/C24H25NO4/c1-4-20(12-11-19(3)29-17-23(26)27)7-5-15-25-16-6-8-22(25)24(28)21-13-9-18(2)10-14-21/h4,6,8-11,13-14,16H,12,15,17H2,1-3H3,(H,26,27)/b19-11+,20-4-. The molecule has 1 N–H and O–H groups in total. The van der Waals surface area contributed by atoms with Gasteiger partial charge in [-0.15, -0.1) is 0 Å². The van der Waals surface area contributed by atoms with Gasteiger partial charge in [0.2, 0.25) is 5.78 Å². The molecule has 0 aliphatic rings. The van der Waals surface area contributed by atoms with Crippen molar-refractivity contribution in [1.82, 2.24) is 4.57 Å². The van der Waals surface area contributed by atoms with Crippen LogP contribution in [0.15, 0.2) is 66.1 Å². The molecule has 0 radical (unpaired) electrons. The molecule has 0 unspecified atom stereocenters. The molecule has 2 aromatic rings. The van der Waals surface area contributed by atoms with Gasteiger partial charge < -0.3 is 14.4 Å². The van der Waals surface area contributed by atoms with Crippen molar-refractivity contribution in [3.05, 3.63) is 82.9 Å². The van der Waals surface area contributed by atoms with E-state index in [2.05, 4.69) is 11.8 Å². The largest absolute Gasteiger partial charge is 0.487 e. The molecule has 0 spiro atoms. The number of ether oxygens (including phenoxy) is 1. The van der Waals surface area contributed by atoms with Crippen LogP contribution in [0.2, 0.25) is 0 Å². The second-order valence-corrected chi connectivity index (χ2v) is 6.53. The molecule has 1 heterocycles. The Labute approximate surface area is 171 Å². The van der Waals surface area contributed by atoms with Gasteiger partial charge in [0.25, 0.3) is 0 Å². The van der Waals surface area contributed by atoms with Crippen molar-refractivity contribution < 1.29 is 19.4 Å². The normalized spacial score (nSPS) is 11.6. The van der Waals surface area contributed by atoms with E-state index < -0.39 is 5.97 Å². The SMILES string of the molecule is C/C=C(/C#CCn1cccc1C(=O)c1ccc(C)cc1)C/C=C(\C)OCC(=O)O. The molecule has 5 heteroatoms. The molecule has 0 aliphatic heterocycles. The van der Waals surface area contributed by atoms with Crippen LogP contribution < -0.4 is 0 Å². The predicted octanol–water partition coefficient (Wildman–Crippen LogP) is 4.37. The highest BCUT2D eigenvalue weighted by molar-refractivity contribution is 6.08. The first kappa shape index (κ1) is 21.8. The Morgan fingerprint density at radius 1 is 1.21 bits per heavy atom. The van der Waals surface area contributed by atoms with E-state index in [4.69, 9.17) is 9.84 Å². The van der Waals surface area contributed by atoms with Gasteiger partial charge in [0.15, 0.2) is 6.61 Å². The Balaban J connectivity index is 2.02. The fourth-order valence-electron chi connectivity index (χ4n) is 2.58. The van der Waals surface area contributed by atoms with Crippen LogP contribution in [0.25, 0.3) is 0 Å². The Morgan fingerprint density at radius 3 is 2.59 bits per heavy atom. The topological polar surface area (TPSA) is 68.5 Å². The van der Waals surface area contributed by atoms with Crippen molar-refractivity contribution in [2.45, 2.75) is 33.7 Å². The number of hydrogen-bond donors (Lipinski definition) is 1. The number of carboxylic acids is 1. The Bertz CT molecular complexity index is 982. The zero-order valence-corrected chi connectivity index (χ0v) is 16.9. The molecule has 2 rings (SSSR count). The van der Waals surface area contributed by atoms with E-state index in [1.807, 2.05) is 61.0 Å². The smallest absolute Gasteiger partial charge is 0.341 e. The molecule has 0 saturated heterocycles. The minimum Gasteiger partial charge on any atom is -0.487 e. The van der Waals surface area contributed by atoms with E-state index in [1.54, 1.807) is 19.1 Å². The van der Waals surface area contributed by atoms with Crippen LogP contribution in [0.3, 0.4) is 0 Å². The van der Waals surface area contributed by atoms with Crippen LogP contribution in [0, 0.1) is 18.8 Å². The number of carboxylic acid groups (broad SMARTS) is 1. The molecule has 5 nitrogen and oxygen atoms in total. The van der Waals surface area contributed by atoms with Gasteiger partial charge in [-0.2, -0.15) is 0 Å². The fraction of sp³-hybridized carbons (Fsp3) is 0.250. The number of carbonyl (C=O) groups is 2. The minimum absolute atomic E-state index is 0.0304. The third-order valence-corrected chi connectivity index (χ3v) is 4.26. The zero-order chi connectivity index (χ0) is 21.2. The summed E-state index contributed by atoms with van der Waals surface area (Å²) in [6.45, 7) is 5.64. The van der Waals surface area contributed by atoms with Gasteiger partial charge >= 0.3 is 5.97 Å². The summed E-state index contributed by atoms with van der Waals surface area (Å²) in [6.07, 6.45) is 6.10. The molecule has 29 heavy (non-hydrogen) atoms. The van der Waals surface area contributed by atoms with Crippen LogP contribution in [-0.2, 0) is 16.1 Å². The van der Waals surface area contributed by atoms with Gasteiger partial charge in [0.1, 0.15) is 0 Å². The Hall–Kier alpha value is -3.52. The first-order valence-electron chi connectivity index (χ1n) is 9.32. The summed E-state index contributed by atoms with van der Waals surface area (Å²) < 4.78 is 6.93. The average molecular weight is 391 g/mol. The van der Waals surface area contributed by atoms with E-state index in [0.29, 0.717) is 30.0 Å². The van der Waals surface area contributed by atoms with Crippen molar-refractivity contribution in [2.24, 2.45) is 0 Å². The third-order valence-electron chi connectivity index (χ3n) is 4.26. The zero-order valence-electron chi connectivity index (χ0n) is 16.9. The fourth-order valence-corrected chi connectivity index (χ4v) is 2.58. The van der Waals surface area contributed by atoms with Crippen molar-refractivity contribution >= 4 is 11.8 Å². The second kappa shape index (κ2) is 10.7. The van der Waals surface area contributed by atoms with Gasteiger partial charge in [-0.3, -0.25) is 4.79 Å². The quantitative estimate of drug-likeness (QED) is 0.412. The molecule has 0 aliphatic carbocycles. The van der Waals surface area contributed by atoms with Crippen molar-refractivity contribution in [3.8, 4) is 11.8 Å². The number of rotatable bonds is 8. The first-order chi connectivity index (χ1) is 13.9. The number of aryl methyl sites for hydroxylation is 1. The lowest BCUT2D eigenvalue weighted by atomic mass is 10.1. The lowest BCUT2D eigenvalue weighted by Gasteiger charge is -2.05. The molecule has 1 aromatic heterocycles. The van der Waals surface area contributed by atoms with Crippen molar-refractivity contribution in [3.63, 3.8) is 0 Å². The van der Waals surface area contributed by atoms with Crippen LogP contribution >= 0.6 is 0 Å². The number of hydrogen-bond acceptors (Lipinski definition) is 3. The molecule has 1 aromatic carbocycles. The van der Waals surface area contributed by atoms with Crippen molar-refractivity contribution in [2.75, 3.05) is 6.61 Å². The number of aliphatic carboxylic acids is 1. The third kappa shape index (κ3) is 6.86. The van der Waals surface area contributed by atoms with E-state index in [1.165, 1.54) is 0 Å². The van der Waals surface area contributed by atoms with Crippen LogP contribution in [-0.4, -0.2) is 28.0 Å². The first-order valence-corrected chi connectivity index (χ1v) is 9.32. The molecule has 0 amide bonds. The highest BCUT2D eigenvalue weighted by Crippen LogP contribution is 2.12. The monoisotopic (exact) mass is 391 g/mol. The van der Waals surface area contributed by atoms with E-state index in [-0.39, 0.29) is 12.4 Å². The van der Waals surface area contributed by atoms with Gasteiger partial charge in [-0.25, -0.2) is 4.79 Å². The summed E-state index contributed by atoms with van der Waals surface area (Å²) >= 11 is 0. The lowest BCUT2D eigenvalue weighted by molar-refractivity contribution is -0.140. The summed E-state index contributed by atoms with van der Waals surface area (Å²) in [5, 5.41) is 8.63. The summed E-state index contributed by atoms with van der Waals surface area (Å²) in [7, 11) is 0. The molecule has 0 bridgehead atoms. The summed E-state index contributed by atoms with van der Waals surface area (Å²) in [5.74, 6) is 5.71. The van der Waals surface area contributed by atoms with Gasteiger partial charge in [0, 0.05) is 23.8 Å². The Kier molecular flexibility index (Phi) is 8.05. The average Bonchev–Trinajstić information content (AvgIpc) is 3.17. The summed E-state index contributed by atoms with van der Waals surface area (Å²) in [4.78, 5) is 23.3. The number of benzene rings is 1. The summed E-state index contributed by atoms with van der Waals surface area (Å²) in [6, 6.07) is 11.2. The maximum absolute atomic E-state index is 12.7. The van der Waals surface area contributed by atoms with Gasteiger partial charge in [0.05, 0.1) is 18.0 Å². The number of carbonyl (C=O) groups excluding carboxylic acids is 1. The maximum atomic E-state index is 12.7. The highest BCUT2D eigenvalue weighted by Gasteiger charge is 2.12. The molecular formula is C24H25NO4. The van der Waals surface area contributed by atoms with Crippen LogP contribution in [0.1, 0.15) is 41.9 Å². The second-order valence-electron chi connectivity index (χ2n) is 6.53. The maximum Gasteiger partial charge on any atom is 0.341 e. The molecule has 0 saturated carbocycles.